The summed E-state index contributed by atoms with van der Waals surface area (Å²) >= 11 is 0. The van der Waals surface area contributed by atoms with Crippen molar-refractivity contribution in [2.24, 2.45) is 7.05 Å². The summed E-state index contributed by atoms with van der Waals surface area (Å²) in [5.41, 5.74) is 1.69. The molecule has 1 aliphatic heterocycles. The van der Waals surface area contributed by atoms with E-state index in [9.17, 15) is 13.6 Å². The highest BCUT2D eigenvalue weighted by atomic mass is 19.3. The third-order valence-electron chi connectivity index (χ3n) is 4.87. The molecule has 146 valence electrons. The van der Waals surface area contributed by atoms with Crippen molar-refractivity contribution in [2.45, 2.75) is 32.2 Å². The number of benzene rings is 1. The van der Waals surface area contributed by atoms with Gasteiger partial charge in [-0.25, -0.2) is 13.8 Å². The second-order valence-corrected chi connectivity index (χ2v) is 6.82. The Morgan fingerprint density at radius 2 is 2.04 bits per heavy atom. The number of aryl methyl sites for hydroxylation is 3. The van der Waals surface area contributed by atoms with Gasteiger partial charge in [0.1, 0.15) is 22.8 Å². The summed E-state index contributed by atoms with van der Waals surface area (Å²) < 4.78 is 32.7. The Kier molecular flexibility index (Phi) is 4.93. The number of aromatic nitrogens is 3. The summed E-state index contributed by atoms with van der Waals surface area (Å²) in [6.07, 6.45) is -0.638. The highest BCUT2D eigenvalue weighted by molar-refractivity contribution is 5.92. The van der Waals surface area contributed by atoms with Gasteiger partial charge in [0.05, 0.1) is 6.54 Å². The highest BCUT2D eigenvalue weighted by Crippen LogP contribution is 2.24. The average Bonchev–Trinajstić information content (AvgIpc) is 3.29. The Labute approximate surface area is 160 Å². The third kappa shape index (κ3) is 3.67. The van der Waals surface area contributed by atoms with Crippen LogP contribution < -0.4 is 0 Å². The van der Waals surface area contributed by atoms with E-state index >= 15 is 0 Å². The first-order valence-corrected chi connectivity index (χ1v) is 9.14. The molecule has 2 aromatic heterocycles. The molecule has 1 aromatic carbocycles. The van der Waals surface area contributed by atoms with Crippen LogP contribution >= 0.6 is 0 Å². The molecule has 0 N–H and O–H groups in total. The van der Waals surface area contributed by atoms with Gasteiger partial charge in [0.2, 0.25) is 0 Å². The first kappa shape index (κ1) is 18.3. The number of hydrogen-bond acceptors (Lipinski definition) is 4. The molecule has 0 atom stereocenters. The fraction of sp³-hybridized carbons (Fsp3) is 0.350. The zero-order valence-electron chi connectivity index (χ0n) is 15.4. The van der Waals surface area contributed by atoms with E-state index in [4.69, 9.17) is 4.42 Å². The molecule has 6 nitrogen and oxygen atoms in total. The van der Waals surface area contributed by atoms with Gasteiger partial charge >= 0.3 is 0 Å². The van der Waals surface area contributed by atoms with Crippen LogP contribution in [0.3, 0.4) is 0 Å². The van der Waals surface area contributed by atoms with Crippen LogP contribution in [0.5, 0.6) is 0 Å². The van der Waals surface area contributed by atoms with Crippen molar-refractivity contribution in [1.82, 2.24) is 19.7 Å². The van der Waals surface area contributed by atoms with E-state index < -0.39 is 12.1 Å². The molecule has 0 radical (unpaired) electrons. The van der Waals surface area contributed by atoms with Gasteiger partial charge in [-0.15, -0.1) is 0 Å². The van der Waals surface area contributed by atoms with Crippen molar-refractivity contribution in [3.8, 4) is 0 Å². The molecule has 1 aliphatic rings. The lowest BCUT2D eigenvalue weighted by atomic mass is 10.1. The summed E-state index contributed by atoms with van der Waals surface area (Å²) in [6.45, 7) is 0.756. The molecular weight excluding hydrogens is 366 g/mol. The number of carbonyl (C=O) groups excluding carboxylic acids is 1. The summed E-state index contributed by atoms with van der Waals surface area (Å²) in [4.78, 5) is 18.9. The van der Waals surface area contributed by atoms with E-state index in [0.717, 1.165) is 23.9 Å². The second-order valence-electron chi connectivity index (χ2n) is 6.82. The van der Waals surface area contributed by atoms with Crippen LogP contribution in [0.2, 0.25) is 0 Å². The maximum atomic E-state index is 12.8. The topological polar surface area (TPSA) is 64.2 Å². The van der Waals surface area contributed by atoms with Crippen LogP contribution in [0.25, 0.3) is 0 Å². The van der Waals surface area contributed by atoms with Crippen molar-refractivity contribution in [3.05, 3.63) is 70.7 Å². The molecular formula is C20H20F2N4O2. The highest BCUT2D eigenvalue weighted by Gasteiger charge is 2.28. The molecule has 28 heavy (non-hydrogen) atoms. The van der Waals surface area contributed by atoms with Crippen molar-refractivity contribution in [1.29, 1.82) is 0 Å². The van der Waals surface area contributed by atoms with E-state index in [0.29, 0.717) is 31.8 Å². The minimum absolute atomic E-state index is 0.145. The van der Waals surface area contributed by atoms with Crippen molar-refractivity contribution in [3.63, 3.8) is 0 Å². The third-order valence-corrected chi connectivity index (χ3v) is 4.87. The molecule has 8 heteroatoms. The standard InChI is InChI=1S/C20H20F2N4O2/c1-25-16(11-14(24-25)19(21)22)20(27)26-10-9-17-15(12-26)23-18(28-17)8-7-13-5-3-2-4-6-13/h2-6,11,19H,7-10,12H2,1H3. The molecule has 0 aliphatic carbocycles. The Morgan fingerprint density at radius 3 is 2.75 bits per heavy atom. The number of oxazole rings is 1. The van der Waals surface area contributed by atoms with Gasteiger partial charge in [-0.2, -0.15) is 5.10 Å². The van der Waals surface area contributed by atoms with E-state index in [1.165, 1.54) is 17.3 Å². The van der Waals surface area contributed by atoms with Crippen LogP contribution in [-0.2, 0) is 32.9 Å². The Balaban J connectivity index is 1.44. The molecule has 3 aromatic rings. The van der Waals surface area contributed by atoms with Gasteiger partial charge in [0, 0.05) is 26.4 Å². The summed E-state index contributed by atoms with van der Waals surface area (Å²) in [7, 11) is 1.49. The first-order valence-electron chi connectivity index (χ1n) is 9.14. The molecule has 0 saturated heterocycles. The maximum Gasteiger partial charge on any atom is 0.282 e. The molecule has 1 amide bonds. The maximum absolute atomic E-state index is 12.8. The summed E-state index contributed by atoms with van der Waals surface area (Å²) in [6, 6.07) is 11.2. The van der Waals surface area contributed by atoms with Gasteiger partial charge in [-0.05, 0) is 18.1 Å². The van der Waals surface area contributed by atoms with Crippen molar-refractivity contribution >= 4 is 5.91 Å². The molecule has 0 spiro atoms. The van der Waals surface area contributed by atoms with E-state index in [1.807, 2.05) is 18.2 Å². The SMILES string of the molecule is Cn1nc(C(F)F)cc1C(=O)N1CCc2oc(CCc3ccccc3)nc2C1. The van der Waals surface area contributed by atoms with Crippen LogP contribution in [0.4, 0.5) is 8.78 Å². The normalized spacial score (nSPS) is 13.8. The molecule has 0 unspecified atom stereocenters. The molecule has 3 heterocycles. The first-order chi connectivity index (χ1) is 13.5. The number of hydrogen-bond donors (Lipinski definition) is 0. The number of amides is 1. The Morgan fingerprint density at radius 1 is 1.25 bits per heavy atom. The van der Waals surface area contributed by atoms with Crippen LogP contribution in [-0.4, -0.2) is 32.1 Å². The predicted molar refractivity (Wildman–Crippen MR) is 97.0 cm³/mol. The van der Waals surface area contributed by atoms with Crippen molar-refractivity contribution < 1.29 is 18.0 Å². The number of halogens is 2. The van der Waals surface area contributed by atoms with Crippen LogP contribution in [0.15, 0.2) is 40.8 Å². The lowest BCUT2D eigenvalue weighted by molar-refractivity contribution is 0.0716. The van der Waals surface area contributed by atoms with Crippen molar-refractivity contribution in [2.75, 3.05) is 6.54 Å². The lowest BCUT2D eigenvalue weighted by Crippen LogP contribution is -2.36. The summed E-state index contributed by atoms with van der Waals surface area (Å²) in [5.74, 6) is 1.12. The van der Waals surface area contributed by atoms with E-state index in [-0.39, 0.29) is 11.6 Å². The predicted octanol–water partition coefficient (Wildman–Crippen LogP) is 3.33. The number of fused-ring (bicyclic) bond motifs is 1. The Bertz CT molecular complexity index is 982. The van der Waals surface area contributed by atoms with Gasteiger partial charge in [-0.3, -0.25) is 9.48 Å². The second kappa shape index (κ2) is 7.53. The molecule has 0 saturated carbocycles. The largest absolute Gasteiger partial charge is 0.445 e. The number of carbonyl (C=O) groups is 1. The van der Waals surface area contributed by atoms with Gasteiger partial charge in [0.25, 0.3) is 12.3 Å². The number of nitrogens with zero attached hydrogens (tertiary/aromatic N) is 4. The smallest absolute Gasteiger partial charge is 0.282 e. The monoisotopic (exact) mass is 386 g/mol. The zero-order chi connectivity index (χ0) is 19.7. The van der Waals surface area contributed by atoms with Crippen LogP contribution in [0, 0.1) is 0 Å². The van der Waals surface area contributed by atoms with Gasteiger partial charge in [0.15, 0.2) is 5.89 Å². The zero-order valence-corrected chi connectivity index (χ0v) is 15.4. The number of alkyl halides is 2. The molecule has 0 fully saturated rings. The van der Waals surface area contributed by atoms with E-state index in [1.54, 1.807) is 4.90 Å². The van der Waals surface area contributed by atoms with Crippen LogP contribution in [0.1, 0.15) is 45.5 Å². The quantitative estimate of drug-likeness (QED) is 0.675. The fourth-order valence-electron chi connectivity index (χ4n) is 3.39. The fourth-order valence-corrected chi connectivity index (χ4v) is 3.39. The van der Waals surface area contributed by atoms with Gasteiger partial charge < -0.3 is 9.32 Å². The molecule has 4 rings (SSSR count). The van der Waals surface area contributed by atoms with E-state index in [2.05, 4.69) is 22.2 Å². The minimum atomic E-state index is -2.71. The lowest BCUT2D eigenvalue weighted by Gasteiger charge is -2.25. The van der Waals surface area contributed by atoms with Gasteiger partial charge in [-0.1, -0.05) is 30.3 Å². The summed E-state index contributed by atoms with van der Waals surface area (Å²) in [5, 5.41) is 3.71. The average molecular weight is 386 g/mol. The Hall–Kier alpha value is -3.03. The minimum Gasteiger partial charge on any atom is -0.445 e. The molecule has 0 bridgehead atoms. The number of rotatable bonds is 5.